The lowest BCUT2D eigenvalue weighted by atomic mass is 10.0. The smallest absolute Gasteiger partial charge is 0.256 e. The van der Waals surface area contributed by atoms with Gasteiger partial charge in [-0.15, -0.1) is 0 Å². The van der Waals surface area contributed by atoms with Gasteiger partial charge in [-0.25, -0.2) is 4.98 Å². The van der Waals surface area contributed by atoms with Crippen LogP contribution in [0.5, 0.6) is 0 Å². The Labute approximate surface area is 164 Å². The second kappa shape index (κ2) is 8.85. The number of hydrogen-bond acceptors (Lipinski definition) is 5. The van der Waals surface area contributed by atoms with Crippen LogP contribution in [-0.2, 0) is 0 Å². The molecule has 28 heavy (non-hydrogen) atoms. The van der Waals surface area contributed by atoms with Crippen molar-refractivity contribution in [3.63, 3.8) is 0 Å². The average Bonchev–Trinajstić information content (AvgIpc) is 2.70. The summed E-state index contributed by atoms with van der Waals surface area (Å²) in [4.78, 5) is 17.1. The lowest BCUT2D eigenvalue weighted by molar-refractivity contribution is 0.102. The molecule has 0 bridgehead atoms. The maximum Gasteiger partial charge on any atom is 0.256 e. The molecule has 0 saturated heterocycles. The summed E-state index contributed by atoms with van der Waals surface area (Å²) in [7, 11) is 0. The molecular weight excluding hydrogens is 354 g/mol. The van der Waals surface area contributed by atoms with E-state index in [1.807, 2.05) is 52.0 Å². The van der Waals surface area contributed by atoms with Gasteiger partial charge in [0.15, 0.2) is 5.84 Å². The minimum atomic E-state index is -0.280. The van der Waals surface area contributed by atoms with Crippen LogP contribution in [0, 0.1) is 13.8 Å². The van der Waals surface area contributed by atoms with Crippen LogP contribution in [0.4, 0.5) is 11.5 Å². The number of benzene rings is 2. The van der Waals surface area contributed by atoms with Gasteiger partial charge in [0.25, 0.3) is 5.91 Å². The van der Waals surface area contributed by atoms with Crippen LogP contribution in [-0.4, -0.2) is 21.9 Å². The van der Waals surface area contributed by atoms with Crippen LogP contribution in [0.3, 0.4) is 0 Å². The highest BCUT2D eigenvalue weighted by Gasteiger charge is 2.15. The fourth-order valence-electron chi connectivity index (χ4n) is 2.93. The van der Waals surface area contributed by atoms with Crippen molar-refractivity contribution in [1.82, 2.24) is 4.98 Å². The van der Waals surface area contributed by atoms with Gasteiger partial charge in [0.05, 0.1) is 11.1 Å². The largest absolute Gasteiger partial charge is 0.409 e. The number of nitrogen functional groups attached to an aromatic ring is 1. The Balaban J connectivity index is 0.00000136. The Morgan fingerprint density at radius 3 is 2.32 bits per heavy atom. The Kier molecular flexibility index (Phi) is 6.55. The molecular formula is C21H25N5O2. The number of carbonyl (C=O) groups is 1. The molecule has 3 aromatic rings. The summed E-state index contributed by atoms with van der Waals surface area (Å²) >= 11 is 0. The molecule has 1 amide bonds. The highest BCUT2D eigenvalue weighted by Crippen LogP contribution is 2.25. The number of para-hydroxylation sites is 1. The summed E-state index contributed by atoms with van der Waals surface area (Å²) in [5.74, 6) is 0.0181. The number of hydrogen-bond donors (Lipinski definition) is 4. The monoisotopic (exact) mass is 379 g/mol. The molecule has 0 atom stereocenters. The van der Waals surface area contributed by atoms with Crippen molar-refractivity contribution < 1.29 is 10.0 Å². The number of amidine groups is 1. The number of nitrogens with zero attached hydrogens (tertiary/aromatic N) is 2. The number of aromatic nitrogens is 1. The van der Waals surface area contributed by atoms with E-state index in [9.17, 15) is 4.79 Å². The van der Waals surface area contributed by atoms with Gasteiger partial charge in [-0.05, 0) is 49.2 Å². The topological polar surface area (TPSA) is 127 Å². The highest BCUT2D eigenvalue weighted by atomic mass is 16.4. The Morgan fingerprint density at radius 2 is 1.71 bits per heavy atom. The maximum atomic E-state index is 12.9. The van der Waals surface area contributed by atoms with Crippen LogP contribution < -0.4 is 16.8 Å². The van der Waals surface area contributed by atoms with Crippen molar-refractivity contribution in [3.05, 3.63) is 64.7 Å². The van der Waals surface area contributed by atoms with E-state index in [4.69, 9.17) is 16.7 Å². The number of fused-ring (bicyclic) bond motifs is 1. The van der Waals surface area contributed by atoms with Gasteiger partial charge in [-0.2, -0.15) is 0 Å². The first-order valence-electron chi connectivity index (χ1n) is 8.96. The number of pyridine rings is 1. The molecule has 3 rings (SSSR count). The van der Waals surface area contributed by atoms with Crippen molar-refractivity contribution in [3.8, 4) is 0 Å². The molecule has 0 aliphatic heterocycles. The number of nitrogens with two attached hydrogens (primary N) is 2. The third-order valence-electron chi connectivity index (χ3n) is 4.16. The summed E-state index contributed by atoms with van der Waals surface area (Å²) in [6, 6.07) is 12.4. The molecule has 0 spiro atoms. The van der Waals surface area contributed by atoms with Gasteiger partial charge >= 0.3 is 0 Å². The van der Waals surface area contributed by atoms with Gasteiger partial charge in [0.1, 0.15) is 5.82 Å². The third-order valence-corrected chi connectivity index (χ3v) is 4.16. The van der Waals surface area contributed by atoms with Crippen molar-refractivity contribution in [1.29, 1.82) is 0 Å². The molecule has 1 heterocycles. The number of amides is 1. The number of aryl methyl sites for hydroxylation is 2. The lowest BCUT2D eigenvalue weighted by Crippen LogP contribution is -2.17. The van der Waals surface area contributed by atoms with Crippen LogP contribution in [0.15, 0.2) is 47.6 Å². The van der Waals surface area contributed by atoms with Crippen molar-refractivity contribution in [2.75, 3.05) is 11.1 Å². The van der Waals surface area contributed by atoms with Crippen LogP contribution >= 0.6 is 0 Å². The summed E-state index contributed by atoms with van der Waals surface area (Å²) in [6.45, 7) is 7.69. The van der Waals surface area contributed by atoms with Gasteiger partial charge in [0.2, 0.25) is 0 Å². The van der Waals surface area contributed by atoms with E-state index in [1.165, 1.54) is 0 Å². The molecule has 7 heteroatoms. The van der Waals surface area contributed by atoms with E-state index < -0.39 is 0 Å². The van der Waals surface area contributed by atoms with E-state index in [-0.39, 0.29) is 17.6 Å². The summed E-state index contributed by atoms with van der Waals surface area (Å²) < 4.78 is 0. The van der Waals surface area contributed by atoms with Crippen molar-refractivity contribution in [2.24, 2.45) is 10.9 Å². The molecule has 7 nitrogen and oxygen atoms in total. The molecule has 0 aliphatic rings. The third kappa shape index (κ3) is 4.20. The molecule has 146 valence electrons. The highest BCUT2D eigenvalue weighted by molar-refractivity contribution is 6.13. The Morgan fingerprint density at radius 1 is 1.11 bits per heavy atom. The minimum absolute atomic E-state index is 0.0157. The van der Waals surface area contributed by atoms with Crippen molar-refractivity contribution >= 4 is 34.2 Å². The fraction of sp³-hybridized carbons (Fsp3) is 0.190. The first-order chi connectivity index (χ1) is 13.4. The SMILES string of the molecule is CC.Cc1cc(/C(N)=N/O)cc(C)c1NC(=O)c1cc(N)nc2ccccc12. The zero-order chi connectivity index (χ0) is 20.8. The van der Waals surface area contributed by atoms with Crippen LogP contribution in [0.1, 0.15) is 40.9 Å². The number of oxime groups is 1. The standard InChI is InChI=1S/C19H19N5O2.C2H6/c1-10-7-12(18(21)24-26)8-11(2)17(10)23-19(25)14-9-16(20)22-15-6-4-3-5-13(14)15;1-2/h3-9,26H,1-2H3,(H2,20,22)(H2,21,24)(H,23,25);1-2H3. The summed E-state index contributed by atoms with van der Waals surface area (Å²) in [6.07, 6.45) is 0. The quantitative estimate of drug-likeness (QED) is 0.238. The van der Waals surface area contributed by atoms with Gasteiger partial charge in [-0.1, -0.05) is 37.2 Å². The van der Waals surface area contributed by atoms with E-state index in [1.54, 1.807) is 18.2 Å². The first-order valence-corrected chi connectivity index (χ1v) is 8.96. The molecule has 2 aromatic carbocycles. The Hall–Kier alpha value is -3.61. The van der Waals surface area contributed by atoms with Crippen LogP contribution in [0.25, 0.3) is 10.9 Å². The number of carbonyl (C=O) groups excluding carboxylic acids is 1. The summed E-state index contributed by atoms with van der Waals surface area (Å²) in [5.41, 5.74) is 15.4. The second-order valence-electron chi connectivity index (χ2n) is 6.04. The molecule has 0 aliphatic carbocycles. The molecule has 0 saturated carbocycles. The van der Waals surface area contributed by atoms with Gasteiger partial charge < -0.3 is 22.0 Å². The molecule has 1 aromatic heterocycles. The van der Waals surface area contributed by atoms with E-state index in [0.29, 0.717) is 22.3 Å². The van der Waals surface area contributed by atoms with Crippen LogP contribution in [0.2, 0.25) is 0 Å². The normalized spacial score (nSPS) is 10.9. The van der Waals surface area contributed by atoms with Gasteiger partial charge in [-0.3, -0.25) is 4.79 Å². The average molecular weight is 379 g/mol. The fourth-order valence-corrected chi connectivity index (χ4v) is 2.93. The number of anilines is 2. The predicted molar refractivity (Wildman–Crippen MR) is 114 cm³/mol. The molecule has 0 radical (unpaired) electrons. The zero-order valence-electron chi connectivity index (χ0n) is 16.4. The predicted octanol–water partition coefficient (Wildman–Crippen LogP) is 3.81. The molecule has 6 N–H and O–H groups in total. The second-order valence-corrected chi connectivity index (χ2v) is 6.04. The molecule has 0 unspecified atom stereocenters. The minimum Gasteiger partial charge on any atom is -0.409 e. The maximum absolute atomic E-state index is 12.9. The summed E-state index contributed by atoms with van der Waals surface area (Å²) in [5, 5.41) is 15.5. The number of rotatable bonds is 3. The Bertz CT molecular complexity index is 1020. The van der Waals surface area contributed by atoms with Crippen molar-refractivity contribution in [2.45, 2.75) is 27.7 Å². The zero-order valence-corrected chi connectivity index (χ0v) is 16.4. The van der Waals surface area contributed by atoms with E-state index in [0.717, 1.165) is 16.5 Å². The first kappa shape index (κ1) is 20.7. The lowest BCUT2D eigenvalue weighted by Gasteiger charge is -2.14. The number of nitrogens with one attached hydrogen (secondary N) is 1. The van der Waals surface area contributed by atoms with Gasteiger partial charge in [0, 0.05) is 16.6 Å². The van der Waals surface area contributed by atoms with E-state index >= 15 is 0 Å². The van der Waals surface area contributed by atoms with E-state index in [2.05, 4.69) is 15.5 Å². The molecule has 0 fully saturated rings.